The molecule has 0 unspecified atom stereocenters. The minimum atomic E-state index is -0.439. The number of hydrogen-bond acceptors (Lipinski definition) is 5. The maximum Gasteiger partial charge on any atom is 0.344 e. The number of aromatic nitrogens is 1. The highest BCUT2D eigenvalue weighted by atomic mass is 16.5. The molecule has 21 heavy (non-hydrogen) atoms. The van der Waals surface area contributed by atoms with Crippen LogP contribution in [0.3, 0.4) is 0 Å². The Morgan fingerprint density at radius 2 is 2.14 bits per heavy atom. The Bertz CT molecular complexity index is 752. The molecule has 0 N–H and O–H groups in total. The standard InChI is InChI=1S/C16H15NO4/c1-3-13-15(10(2)17-21-13)16(18)19-9-12-8-11-6-4-5-7-14(11)20-12/h4-8H,3,9H2,1-2H3. The molecule has 0 atom stereocenters. The predicted molar refractivity (Wildman–Crippen MR) is 76.0 cm³/mol. The Morgan fingerprint density at radius 3 is 2.90 bits per heavy atom. The lowest BCUT2D eigenvalue weighted by molar-refractivity contribution is 0.0444. The van der Waals surface area contributed by atoms with Crippen LogP contribution in [0.5, 0.6) is 0 Å². The first-order valence-electron chi connectivity index (χ1n) is 6.78. The molecule has 0 amide bonds. The molecule has 5 nitrogen and oxygen atoms in total. The fourth-order valence-corrected chi connectivity index (χ4v) is 2.24. The van der Waals surface area contributed by atoms with Crippen molar-refractivity contribution in [2.24, 2.45) is 0 Å². The fourth-order valence-electron chi connectivity index (χ4n) is 2.24. The topological polar surface area (TPSA) is 65.5 Å². The van der Waals surface area contributed by atoms with Crippen molar-refractivity contribution in [2.75, 3.05) is 0 Å². The third-order valence-corrected chi connectivity index (χ3v) is 3.28. The molecule has 0 saturated heterocycles. The first-order chi connectivity index (χ1) is 10.2. The van der Waals surface area contributed by atoms with Gasteiger partial charge < -0.3 is 13.7 Å². The van der Waals surface area contributed by atoms with E-state index in [0.717, 1.165) is 11.0 Å². The van der Waals surface area contributed by atoms with Crippen LogP contribution in [0.25, 0.3) is 11.0 Å². The minimum Gasteiger partial charge on any atom is -0.457 e. The van der Waals surface area contributed by atoms with Crippen LogP contribution >= 0.6 is 0 Å². The van der Waals surface area contributed by atoms with Crippen molar-refractivity contribution in [3.63, 3.8) is 0 Å². The number of para-hydroxylation sites is 1. The number of carbonyl (C=O) groups excluding carboxylic acids is 1. The first kappa shape index (κ1) is 13.4. The zero-order valence-electron chi connectivity index (χ0n) is 11.9. The summed E-state index contributed by atoms with van der Waals surface area (Å²) in [6.07, 6.45) is 0.593. The minimum absolute atomic E-state index is 0.0846. The van der Waals surface area contributed by atoms with Crippen LogP contribution in [0.2, 0.25) is 0 Å². The van der Waals surface area contributed by atoms with Gasteiger partial charge in [0.2, 0.25) is 0 Å². The van der Waals surface area contributed by atoms with Gasteiger partial charge in [0.25, 0.3) is 0 Å². The van der Waals surface area contributed by atoms with Gasteiger partial charge in [-0.1, -0.05) is 30.3 Å². The van der Waals surface area contributed by atoms with Gasteiger partial charge in [0.15, 0.2) is 5.76 Å². The van der Waals surface area contributed by atoms with Gasteiger partial charge in [-0.15, -0.1) is 0 Å². The second kappa shape index (κ2) is 5.44. The van der Waals surface area contributed by atoms with Crippen molar-refractivity contribution >= 4 is 16.9 Å². The maximum absolute atomic E-state index is 12.1. The van der Waals surface area contributed by atoms with Gasteiger partial charge in [-0.25, -0.2) is 4.79 Å². The van der Waals surface area contributed by atoms with Crippen LogP contribution in [-0.2, 0) is 17.8 Å². The van der Waals surface area contributed by atoms with Gasteiger partial charge in [0, 0.05) is 11.8 Å². The largest absolute Gasteiger partial charge is 0.457 e. The van der Waals surface area contributed by atoms with Crippen LogP contribution < -0.4 is 0 Å². The third-order valence-electron chi connectivity index (χ3n) is 3.28. The quantitative estimate of drug-likeness (QED) is 0.684. The molecule has 0 fully saturated rings. The number of furan rings is 1. The Morgan fingerprint density at radius 1 is 1.33 bits per heavy atom. The molecule has 5 heteroatoms. The van der Waals surface area contributed by atoms with Crippen molar-refractivity contribution < 1.29 is 18.5 Å². The van der Waals surface area contributed by atoms with Crippen molar-refractivity contribution in [1.29, 1.82) is 0 Å². The molecule has 2 aromatic heterocycles. The molecule has 1 aromatic carbocycles. The molecule has 3 rings (SSSR count). The first-order valence-corrected chi connectivity index (χ1v) is 6.78. The van der Waals surface area contributed by atoms with Crippen molar-refractivity contribution in [3.8, 4) is 0 Å². The summed E-state index contributed by atoms with van der Waals surface area (Å²) in [7, 11) is 0. The zero-order chi connectivity index (χ0) is 14.8. The van der Waals surface area contributed by atoms with Crippen molar-refractivity contribution in [1.82, 2.24) is 5.16 Å². The van der Waals surface area contributed by atoms with Gasteiger partial charge in [-0.2, -0.15) is 0 Å². The van der Waals surface area contributed by atoms with E-state index in [0.29, 0.717) is 29.2 Å². The smallest absolute Gasteiger partial charge is 0.344 e. The normalized spacial score (nSPS) is 11.0. The average molecular weight is 285 g/mol. The summed E-state index contributed by atoms with van der Waals surface area (Å²) in [4.78, 5) is 12.1. The van der Waals surface area contributed by atoms with E-state index in [1.54, 1.807) is 6.92 Å². The molecule has 0 saturated carbocycles. The van der Waals surface area contributed by atoms with Gasteiger partial charge in [0.1, 0.15) is 23.5 Å². The Labute approximate surface area is 121 Å². The molecule has 3 aromatic rings. The van der Waals surface area contributed by atoms with Crippen LogP contribution in [0.4, 0.5) is 0 Å². The molecule has 0 aliphatic heterocycles. The predicted octanol–water partition coefficient (Wildman–Crippen LogP) is 3.65. The molecular formula is C16H15NO4. The number of carbonyl (C=O) groups is 1. The lowest BCUT2D eigenvalue weighted by Gasteiger charge is -2.02. The van der Waals surface area contributed by atoms with E-state index in [9.17, 15) is 4.79 Å². The van der Waals surface area contributed by atoms with Crippen molar-refractivity contribution in [2.45, 2.75) is 26.9 Å². The Balaban J connectivity index is 1.75. The molecule has 0 radical (unpaired) electrons. The number of aryl methyl sites for hydroxylation is 2. The van der Waals surface area contributed by atoms with E-state index < -0.39 is 5.97 Å². The van der Waals surface area contributed by atoms with Crippen molar-refractivity contribution in [3.05, 3.63) is 53.1 Å². The van der Waals surface area contributed by atoms with Crippen LogP contribution in [-0.4, -0.2) is 11.1 Å². The lowest BCUT2D eigenvalue weighted by atomic mass is 10.1. The summed E-state index contributed by atoms with van der Waals surface area (Å²) in [6, 6.07) is 9.52. The highest BCUT2D eigenvalue weighted by molar-refractivity contribution is 5.91. The number of rotatable bonds is 4. The maximum atomic E-state index is 12.1. The van der Waals surface area contributed by atoms with E-state index in [1.165, 1.54) is 0 Å². The SMILES string of the molecule is CCc1onc(C)c1C(=O)OCc1cc2ccccc2o1. The third kappa shape index (κ3) is 2.54. The summed E-state index contributed by atoms with van der Waals surface area (Å²) in [6.45, 7) is 3.71. The summed E-state index contributed by atoms with van der Waals surface area (Å²) in [5.74, 6) is 0.713. The molecule has 0 aliphatic carbocycles. The van der Waals surface area contributed by atoms with Gasteiger partial charge in [-0.3, -0.25) is 0 Å². The highest BCUT2D eigenvalue weighted by Gasteiger charge is 2.21. The van der Waals surface area contributed by atoms with Gasteiger partial charge >= 0.3 is 5.97 Å². The van der Waals surface area contributed by atoms with Crippen LogP contribution in [0.15, 0.2) is 39.3 Å². The fraction of sp³-hybridized carbons (Fsp3) is 0.250. The summed E-state index contributed by atoms with van der Waals surface area (Å²) >= 11 is 0. The number of benzene rings is 1. The highest BCUT2D eigenvalue weighted by Crippen LogP contribution is 2.21. The average Bonchev–Trinajstić information content (AvgIpc) is 3.07. The summed E-state index contributed by atoms with van der Waals surface area (Å²) in [5, 5.41) is 4.78. The van der Waals surface area contributed by atoms with E-state index in [-0.39, 0.29) is 6.61 Å². The van der Waals surface area contributed by atoms with Gasteiger partial charge in [-0.05, 0) is 19.1 Å². The number of ether oxygens (including phenoxy) is 1. The van der Waals surface area contributed by atoms with E-state index >= 15 is 0 Å². The van der Waals surface area contributed by atoms with E-state index in [4.69, 9.17) is 13.7 Å². The number of esters is 1. The summed E-state index contributed by atoms with van der Waals surface area (Å²) in [5.41, 5.74) is 1.73. The Kier molecular flexibility index (Phi) is 3.48. The molecule has 108 valence electrons. The number of fused-ring (bicyclic) bond motifs is 1. The van der Waals surface area contributed by atoms with E-state index in [2.05, 4.69) is 5.16 Å². The Hall–Kier alpha value is -2.56. The zero-order valence-corrected chi connectivity index (χ0v) is 11.9. The number of hydrogen-bond donors (Lipinski definition) is 0. The summed E-state index contributed by atoms with van der Waals surface area (Å²) < 4.78 is 16.0. The van der Waals surface area contributed by atoms with Crippen LogP contribution in [0, 0.1) is 6.92 Å². The number of nitrogens with zero attached hydrogens (tertiary/aromatic N) is 1. The molecule has 0 aliphatic rings. The second-order valence-electron chi connectivity index (χ2n) is 4.75. The molecule has 0 bridgehead atoms. The van der Waals surface area contributed by atoms with Crippen LogP contribution in [0.1, 0.15) is 34.5 Å². The van der Waals surface area contributed by atoms with E-state index in [1.807, 2.05) is 37.3 Å². The molecule has 0 spiro atoms. The second-order valence-corrected chi connectivity index (χ2v) is 4.75. The lowest BCUT2D eigenvalue weighted by Crippen LogP contribution is -2.07. The monoisotopic (exact) mass is 285 g/mol. The molecular weight excluding hydrogens is 270 g/mol. The molecule has 2 heterocycles. The van der Waals surface area contributed by atoms with Gasteiger partial charge in [0.05, 0.1) is 5.69 Å².